The Balaban J connectivity index is 1.79. The van der Waals surface area contributed by atoms with Crippen molar-refractivity contribution in [1.29, 1.82) is 0 Å². The Morgan fingerprint density at radius 2 is 2.00 bits per heavy atom. The van der Waals surface area contributed by atoms with E-state index in [9.17, 15) is 14.9 Å². The number of ether oxygens (including phenoxy) is 1. The molecule has 0 aliphatic rings. The number of halogens is 1. The van der Waals surface area contributed by atoms with Gasteiger partial charge in [0.2, 0.25) is 5.91 Å². The molecule has 1 N–H and O–H groups in total. The maximum Gasteiger partial charge on any atom is 0.273 e. The summed E-state index contributed by atoms with van der Waals surface area (Å²) in [5.74, 6) is 0.421. The number of amides is 1. The highest BCUT2D eigenvalue weighted by atomic mass is 79.9. The van der Waals surface area contributed by atoms with Gasteiger partial charge in [0.1, 0.15) is 12.4 Å². The summed E-state index contributed by atoms with van der Waals surface area (Å²) < 4.78 is 6.41. The Kier molecular flexibility index (Phi) is 6.10. The van der Waals surface area contributed by atoms with Crippen LogP contribution < -0.4 is 10.1 Å². The topological polar surface area (TPSA) is 81.5 Å². The highest BCUT2D eigenvalue weighted by Crippen LogP contribution is 2.18. The molecular formula is C16H15BrN2O4. The number of benzene rings is 2. The summed E-state index contributed by atoms with van der Waals surface area (Å²) in [6.45, 7) is 0.644. The molecule has 0 aromatic heterocycles. The molecule has 2 rings (SSSR count). The van der Waals surface area contributed by atoms with Crippen molar-refractivity contribution in [3.8, 4) is 5.75 Å². The van der Waals surface area contributed by atoms with Crippen LogP contribution in [0.3, 0.4) is 0 Å². The van der Waals surface area contributed by atoms with E-state index >= 15 is 0 Å². The molecule has 0 heterocycles. The van der Waals surface area contributed by atoms with Crippen LogP contribution in [-0.2, 0) is 11.2 Å². The van der Waals surface area contributed by atoms with E-state index in [1.54, 1.807) is 18.2 Å². The van der Waals surface area contributed by atoms with E-state index in [0.29, 0.717) is 24.5 Å². The van der Waals surface area contributed by atoms with Gasteiger partial charge in [-0.05, 0) is 18.2 Å². The minimum Gasteiger partial charge on any atom is -0.492 e. The smallest absolute Gasteiger partial charge is 0.273 e. The number of nitro benzene ring substituents is 1. The number of nitrogens with zero attached hydrogens (tertiary/aromatic N) is 1. The SMILES string of the molecule is O=C(Cc1ccccc1[N+](=O)[O-])NCCOc1cccc(Br)c1. The summed E-state index contributed by atoms with van der Waals surface area (Å²) in [5, 5.41) is 13.6. The Bertz CT molecular complexity index is 706. The molecule has 2 aromatic carbocycles. The van der Waals surface area contributed by atoms with E-state index in [1.165, 1.54) is 6.07 Å². The van der Waals surface area contributed by atoms with Crippen molar-refractivity contribution in [2.45, 2.75) is 6.42 Å². The minimum atomic E-state index is -0.487. The van der Waals surface area contributed by atoms with Crippen LogP contribution in [0.4, 0.5) is 5.69 Å². The van der Waals surface area contributed by atoms with Crippen molar-refractivity contribution < 1.29 is 14.5 Å². The monoisotopic (exact) mass is 378 g/mol. The lowest BCUT2D eigenvalue weighted by Gasteiger charge is -2.08. The second-order valence-corrected chi connectivity index (χ2v) is 5.63. The zero-order valence-electron chi connectivity index (χ0n) is 12.2. The van der Waals surface area contributed by atoms with Crippen LogP contribution in [0.2, 0.25) is 0 Å². The molecule has 0 aliphatic heterocycles. The molecule has 0 radical (unpaired) electrons. The first kappa shape index (κ1) is 17.0. The normalized spacial score (nSPS) is 10.1. The van der Waals surface area contributed by atoms with E-state index in [2.05, 4.69) is 21.2 Å². The summed E-state index contributed by atoms with van der Waals surface area (Å²) in [7, 11) is 0. The molecule has 2 aromatic rings. The molecule has 7 heteroatoms. The molecule has 0 bridgehead atoms. The first-order valence-electron chi connectivity index (χ1n) is 6.93. The Morgan fingerprint density at radius 1 is 1.22 bits per heavy atom. The lowest BCUT2D eigenvalue weighted by Crippen LogP contribution is -2.29. The summed E-state index contributed by atoms with van der Waals surface area (Å²) in [6.07, 6.45) is -0.0337. The number of carbonyl (C=O) groups is 1. The maximum atomic E-state index is 11.9. The fraction of sp³-hybridized carbons (Fsp3) is 0.188. The van der Waals surface area contributed by atoms with Gasteiger partial charge in [-0.1, -0.05) is 40.2 Å². The summed E-state index contributed by atoms with van der Waals surface area (Å²) in [6, 6.07) is 13.6. The minimum absolute atomic E-state index is 0.0337. The van der Waals surface area contributed by atoms with Crippen molar-refractivity contribution >= 4 is 27.5 Å². The number of carbonyl (C=O) groups excluding carboxylic acids is 1. The Morgan fingerprint density at radius 3 is 2.74 bits per heavy atom. The van der Waals surface area contributed by atoms with E-state index in [1.807, 2.05) is 24.3 Å². The van der Waals surface area contributed by atoms with E-state index in [0.717, 1.165) is 4.47 Å². The van der Waals surface area contributed by atoms with E-state index in [4.69, 9.17) is 4.74 Å². The fourth-order valence-electron chi connectivity index (χ4n) is 1.99. The predicted molar refractivity (Wildman–Crippen MR) is 89.4 cm³/mol. The average molecular weight is 379 g/mol. The first-order valence-corrected chi connectivity index (χ1v) is 7.73. The molecule has 1 amide bonds. The van der Waals surface area contributed by atoms with Gasteiger partial charge in [0.05, 0.1) is 17.9 Å². The maximum absolute atomic E-state index is 11.9. The molecule has 0 saturated heterocycles. The van der Waals surface area contributed by atoms with E-state index < -0.39 is 4.92 Å². The number of nitrogens with one attached hydrogen (secondary N) is 1. The largest absolute Gasteiger partial charge is 0.492 e. The number of hydrogen-bond donors (Lipinski definition) is 1. The third-order valence-corrected chi connectivity index (χ3v) is 3.52. The zero-order chi connectivity index (χ0) is 16.7. The third kappa shape index (κ3) is 5.37. The van der Waals surface area contributed by atoms with Crippen LogP contribution in [0.1, 0.15) is 5.56 Å². The zero-order valence-corrected chi connectivity index (χ0v) is 13.8. The van der Waals surface area contributed by atoms with Crippen molar-refractivity contribution in [2.75, 3.05) is 13.2 Å². The number of nitro groups is 1. The Labute approximate surface area is 141 Å². The molecule has 6 nitrogen and oxygen atoms in total. The molecule has 0 spiro atoms. The van der Waals surface area contributed by atoms with Gasteiger partial charge in [-0.25, -0.2) is 0 Å². The molecule has 0 saturated carbocycles. The van der Waals surface area contributed by atoms with Gasteiger partial charge in [0, 0.05) is 16.1 Å². The van der Waals surface area contributed by atoms with Crippen LogP contribution in [0.5, 0.6) is 5.75 Å². The fourth-order valence-corrected chi connectivity index (χ4v) is 2.37. The highest BCUT2D eigenvalue weighted by molar-refractivity contribution is 9.10. The summed E-state index contributed by atoms with van der Waals surface area (Å²) >= 11 is 3.35. The second-order valence-electron chi connectivity index (χ2n) is 4.72. The van der Waals surface area contributed by atoms with Gasteiger partial charge in [0.15, 0.2) is 0 Å². The third-order valence-electron chi connectivity index (χ3n) is 3.03. The standard InChI is InChI=1S/C16H15BrN2O4/c17-13-5-3-6-14(11-13)23-9-8-18-16(20)10-12-4-1-2-7-15(12)19(21)22/h1-7,11H,8-10H2,(H,18,20). The predicted octanol–water partition coefficient (Wildman–Crippen LogP) is 3.10. The van der Waals surface area contributed by atoms with Gasteiger partial charge >= 0.3 is 0 Å². The Hall–Kier alpha value is -2.41. The molecule has 23 heavy (non-hydrogen) atoms. The van der Waals surface area contributed by atoms with Gasteiger partial charge in [-0.3, -0.25) is 14.9 Å². The first-order chi connectivity index (χ1) is 11.1. The molecule has 120 valence electrons. The van der Waals surface area contributed by atoms with Gasteiger partial charge in [-0.2, -0.15) is 0 Å². The summed E-state index contributed by atoms with van der Waals surface area (Å²) in [4.78, 5) is 22.3. The van der Waals surface area contributed by atoms with Crippen LogP contribution in [-0.4, -0.2) is 24.0 Å². The lowest BCUT2D eigenvalue weighted by atomic mass is 10.1. The van der Waals surface area contributed by atoms with Gasteiger partial charge < -0.3 is 10.1 Å². The molecular weight excluding hydrogens is 364 g/mol. The van der Waals surface area contributed by atoms with Crippen molar-refractivity contribution in [2.24, 2.45) is 0 Å². The average Bonchev–Trinajstić information content (AvgIpc) is 2.52. The van der Waals surface area contributed by atoms with Gasteiger partial charge in [0.25, 0.3) is 5.69 Å². The summed E-state index contributed by atoms with van der Waals surface area (Å²) in [5.41, 5.74) is 0.343. The van der Waals surface area contributed by atoms with Crippen LogP contribution in [0.15, 0.2) is 53.0 Å². The van der Waals surface area contributed by atoms with E-state index in [-0.39, 0.29) is 18.0 Å². The molecule has 0 unspecified atom stereocenters. The van der Waals surface area contributed by atoms with Gasteiger partial charge in [-0.15, -0.1) is 0 Å². The van der Waals surface area contributed by atoms with Crippen LogP contribution >= 0.6 is 15.9 Å². The quantitative estimate of drug-likeness (QED) is 0.455. The number of hydrogen-bond acceptors (Lipinski definition) is 4. The molecule has 0 aliphatic carbocycles. The molecule has 0 atom stereocenters. The molecule has 0 fully saturated rings. The van der Waals surface area contributed by atoms with Crippen molar-refractivity contribution in [3.05, 3.63) is 68.7 Å². The number of para-hydroxylation sites is 1. The second kappa shape index (κ2) is 8.28. The van der Waals surface area contributed by atoms with Crippen LogP contribution in [0, 0.1) is 10.1 Å². The van der Waals surface area contributed by atoms with Crippen LogP contribution in [0.25, 0.3) is 0 Å². The number of rotatable bonds is 7. The van der Waals surface area contributed by atoms with Crippen molar-refractivity contribution in [1.82, 2.24) is 5.32 Å². The lowest BCUT2D eigenvalue weighted by molar-refractivity contribution is -0.385. The highest BCUT2D eigenvalue weighted by Gasteiger charge is 2.15. The van der Waals surface area contributed by atoms with Crippen molar-refractivity contribution in [3.63, 3.8) is 0 Å².